The number of ether oxygens (including phenoxy) is 2. The number of esters is 1. The molecule has 0 amide bonds. The third kappa shape index (κ3) is 3.29. The zero-order chi connectivity index (χ0) is 20.6. The highest BCUT2D eigenvalue weighted by molar-refractivity contribution is 5.99. The zero-order valence-electron chi connectivity index (χ0n) is 16.6. The summed E-state index contributed by atoms with van der Waals surface area (Å²) < 4.78 is 10.9. The van der Waals surface area contributed by atoms with E-state index in [0.29, 0.717) is 30.6 Å². The van der Waals surface area contributed by atoms with Crippen molar-refractivity contribution in [1.29, 1.82) is 5.26 Å². The third-order valence-electron chi connectivity index (χ3n) is 5.50. The van der Waals surface area contributed by atoms with Crippen molar-refractivity contribution >= 4 is 11.8 Å². The van der Waals surface area contributed by atoms with Gasteiger partial charge in [0.25, 0.3) is 0 Å². The standard InChI is InChI=1S/C22H24N2O4/c1-11-8-12(2)19(13(3)16(11)10-27-14(4)25)20-15(9-23)22(24)28-18-7-5-6-17(26)21(18)20/h8,20H,5-7,10,24H2,1-4H3/t20-/m1/s1. The highest BCUT2D eigenvalue weighted by atomic mass is 16.5. The summed E-state index contributed by atoms with van der Waals surface area (Å²) in [4.78, 5) is 24.1. The average molecular weight is 380 g/mol. The number of aryl methyl sites for hydroxylation is 2. The van der Waals surface area contributed by atoms with Crippen molar-refractivity contribution in [2.24, 2.45) is 5.73 Å². The van der Waals surface area contributed by atoms with Gasteiger partial charge in [-0.1, -0.05) is 6.07 Å². The minimum atomic E-state index is -0.557. The number of rotatable bonds is 3. The molecule has 1 aromatic carbocycles. The highest BCUT2D eigenvalue weighted by Crippen LogP contribution is 2.46. The lowest BCUT2D eigenvalue weighted by atomic mass is 9.74. The lowest BCUT2D eigenvalue weighted by molar-refractivity contribution is -0.142. The van der Waals surface area contributed by atoms with Gasteiger partial charge in [0.1, 0.15) is 24.0 Å². The van der Waals surface area contributed by atoms with Gasteiger partial charge in [-0.2, -0.15) is 5.26 Å². The number of carbonyl (C=O) groups is 2. The van der Waals surface area contributed by atoms with Gasteiger partial charge in [0.2, 0.25) is 5.88 Å². The van der Waals surface area contributed by atoms with E-state index < -0.39 is 5.92 Å². The first kappa shape index (κ1) is 19.7. The Bertz CT molecular complexity index is 979. The molecule has 2 N–H and O–H groups in total. The molecular formula is C22H24N2O4. The quantitative estimate of drug-likeness (QED) is 0.805. The van der Waals surface area contributed by atoms with Crippen LogP contribution in [0.5, 0.6) is 0 Å². The number of Topliss-reactive ketones (excluding diaryl/α,β-unsaturated/α-hetero) is 1. The Hall–Kier alpha value is -3.07. The number of carbonyl (C=O) groups excluding carboxylic acids is 2. The summed E-state index contributed by atoms with van der Waals surface area (Å²) in [6, 6.07) is 4.15. The van der Waals surface area contributed by atoms with E-state index in [1.165, 1.54) is 6.92 Å². The van der Waals surface area contributed by atoms with Gasteiger partial charge in [-0.05, 0) is 55.0 Å². The van der Waals surface area contributed by atoms with Crippen molar-refractivity contribution in [2.45, 2.75) is 59.5 Å². The molecule has 28 heavy (non-hydrogen) atoms. The summed E-state index contributed by atoms with van der Waals surface area (Å²) in [5.41, 5.74) is 11.4. The molecule has 1 atom stereocenters. The van der Waals surface area contributed by atoms with Gasteiger partial charge in [-0.3, -0.25) is 9.59 Å². The van der Waals surface area contributed by atoms with E-state index >= 15 is 0 Å². The molecule has 0 fully saturated rings. The van der Waals surface area contributed by atoms with Crippen LogP contribution >= 0.6 is 0 Å². The van der Waals surface area contributed by atoms with Crippen LogP contribution in [0.15, 0.2) is 28.9 Å². The van der Waals surface area contributed by atoms with Crippen LogP contribution in [0.25, 0.3) is 0 Å². The van der Waals surface area contributed by atoms with Crippen LogP contribution in [-0.2, 0) is 25.7 Å². The second-order valence-electron chi connectivity index (χ2n) is 7.35. The molecule has 0 radical (unpaired) electrons. The lowest BCUT2D eigenvalue weighted by Gasteiger charge is -2.33. The van der Waals surface area contributed by atoms with Crippen molar-refractivity contribution in [2.75, 3.05) is 0 Å². The minimum absolute atomic E-state index is 0.00703. The van der Waals surface area contributed by atoms with E-state index in [2.05, 4.69) is 6.07 Å². The molecule has 3 rings (SSSR count). The molecule has 6 heteroatoms. The summed E-state index contributed by atoms with van der Waals surface area (Å²) in [5, 5.41) is 9.78. The molecule has 1 aliphatic carbocycles. The van der Waals surface area contributed by atoms with Crippen molar-refractivity contribution in [1.82, 2.24) is 0 Å². The highest BCUT2D eigenvalue weighted by Gasteiger charge is 2.39. The average Bonchev–Trinajstić information content (AvgIpc) is 2.60. The molecule has 0 unspecified atom stereocenters. The molecule has 0 bridgehead atoms. The number of benzene rings is 1. The summed E-state index contributed by atoms with van der Waals surface area (Å²) in [5.74, 6) is -0.299. The third-order valence-corrected chi connectivity index (χ3v) is 5.50. The van der Waals surface area contributed by atoms with Crippen LogP contribution in [0.3, 0.4) is 0 Å². The molecule has 1 heterocycles. The van der Waals surface area contributed by atoms with E-state index in [0.717, 1.165) is 27.8 Å². The molecule has 0 spiro atoms. The number of nitrogens with two attached hydrogens (primary N) is 1. The molecule has 2 aliphatic rings. The van der Waals surface area contributed by atoms with E-state index in [-0.39, 0.29) is 29.8 Å². The van der Waals surface area contributed by atoms with Crippen molar-refractivity contribution in [3.63, 3.8) is 0 Å². The van der Waals surface area contributed by atoms with Crippen LogP contribution in [0.2, 0.25) is 0 Å². The van der Waals surface area contributed by atoms with E-state index in [9.17, 15) is 14.9 Å². The van der Waals surface area contributed by atoms with Gasteiger partial charge < -0.3 is 15.2 Å². The Labute approximate surface area is 164 Å². The first-order valence-corrected chi connectivity index (χ1v) is 9.33. The van der Waals surface area contributed by atoms with E-state index in [1.54, 1.807) is 0 Å². The molecule has 6 nitrogen and oxygen atoms in total. The summed E-state index contributed by atoms with van der Waals surface area (Å²) in [6.07, 6.45) is 1.77. The number of hydrogen-bond acceptors (Lipinski definition) is 6. The maximum Gasteiger partial charge on any atom is 0.302 e. The van der Waals surface area contributed by atoms with Crippen molar-refractivity contribution in [3.8, 4) is 6.07 Å². The number of nitrogens with zero attached hydrogens (tertiary/aromatic N) is 1. The molecule has 1 aromatic rings. The Morgan fingerprint density at radius 3 is 2.68 bits per heavy atom. The molecule has 1 aliphatic heterocycles. The fraction of sp³-hybridized carbons (Fsp3) is 0.409. The van der Waals surface area contributed by atoms with Crippen molar-refractivity contribution in [3.05, 3.63) is 56.7 Å². The van der Waals surface area contributed by atoms with Gasteiger partial charge in [0, 0.05) is 25.3 Å². The van der Waals surface area contributed by atoms with Crippen LogP contribution in [0.4, 0.5) is 0 Å². The Morgan fingerprint density at radius 1 is 1.32 bits per heavy atom. The van der Waals surface area contributed by atoms with Gasteiger partial charge in [0.05, 0.1) is 5.92 Å². The van der Waals surface area contributed by atoms with E-state index in [1.807, 2.05) is 26.8 Å². The minimum Gasteiger partial charge on any atom is -0.461 e. The van der Waals surface area contributed by atoms with Crippen LogP contribution in [-0.4, -0.2) is 11.8 Å². The first-order valence-electron chi connectivity index (χ1n) is 9.33. The molecular weight excluding hydrogens is 356 g/mol. The number of ketones is 1. The van der Waals surface area contributed by atoms with E-state index in [4.69, 9.17) is 15.2 Å². The normalized spacial score (nSPS) is 19.1. The fourth-order valence-corrected chi connectivity index (χ4v) is 4.23. The SMILES string of the molecule is CC(=O)OCc1c(C)cc(C)c([C@H]2C(C#N)=C(N)OC3=C2C(=O)CCC3)c1C. The zero-order valence-corrected chi connectivity index (χ0v) is 16.6. The van der Waals surface area contributed by atoms with Gasteiger partial charge in [0.15, 0.2) is 5.78 Å². The number of nitriles is 1. The monoisotopic (exact) mass is 380 g/mol. The predicted molar refractivity (Wildman–Crippen MR) is 103 cm³/mol. The number of hydrogen-bond donors (Lipinski definition) is 1. The Kier molecular flexibility index (Phi) is 5.28. The molecule has 146 valence electrons. The molecule has 0 aromatic heterocycles. The van der Waals surface area contributed by atoms with Crippen LogP contribution in [0.1, 0.15) is 59.9 Å². The predicted octanol–water partition coefficient (Wildman–Crippen LogP) is 3.49. The molecule has 0 saturated carbocycles. The second kappa shape index (κ2) is 7.51. The fourth-order valence-electron chi connectivity index (χ4n) is 4.23. The summed E-state index contributed by atoms with van der Waals surface area (Å²) in [7, 11) is 0. The molecule has 0 saturated heterocycles. The Morgan fingerprint density at radius 2 is 2.04 bits per heavy atom. The smallest absolute Gasteiger partial charge is 0.302 e. The topological polar surface area (TPSA) is 102 Å². The maximum absolute atomic E-state index is 12.8. The number of allylic oxidation sites excluding steroid dienone is 3. The lowest BCUT2D eigenvalue weighted by Crippen LogP contribution is -2.28. The second-order valence-corrected chi connectivity index (χ2v) is 7.35. The summed E-state index contributed by atoms with van der Waals surface area (Å²) in [6.45, 7) is 7.36. The first-order chi connectivity index (χ1) is 13.3. The summed E-state index contributed by atoms with van der Waals surface area (Å²) >= 11 is 0. The Balaban J connectivity index is 2.24. The van der Waals surface area contributed by atoms with Crippen LogP contribution in [0, 0.1) is 32.1 Å². The van der Waals surface area contributed by atoms with Gasteiger partial charge >= 0.3 is 5.97 Å². The van der Waals surface area contributed by atoms with Crippen LogP contribution < -0.4 is 5.73 Å². The largest absolute Gasteiger partial charge is 0.461 e. The van der Waals surface area contributed by atoms with Gasteiger partial charge in [-0.25, -0.2) is 0 Å². The van der Waals surface area contributed by atoms with Crippen molar-refractivity contribution < 1.29 is 19.1 Å². The van der Waals surface area contributed by atoms with Gasteiger partial charge in [-0.15, -0.1) is 0 Å². The maximum atomic E-state index is 12.8.